The van der Waals surface area contributed by atoms with E-state index in [9.17, 15) is 18.0 Å². The summed E-state index contributed by atoms with van der Waals surface area (Å²) in [5.41, 5.74) is 1.62. The van der Waals surface area contributed by atoms with Crippen LogP contribution < -0.4 is 5.32 Å². The van der Waals surface area contributed by atoms with Crippen molar-refractivity contribution in [1.29, 1.82) is 0 Å². The number of aromatic nitrogens is 1. The lowest BCUT2D eigenvalue weighted by Crippen LogP contribution is -2.54. The number of hydrogen-bond acceptors (Lipinski definition) is 4. The Morgan fingerprint density at radius 2 is 1.93 bits per heavy atom. The van der Waals surface area contributed by atoms with Gasteiger partial charge >= 0.3 is 6.18 Å². The Morgan fingerprint density at radius 3 is 2.53 bits per heavy atom. The Morgan fingerprint density at radius 1 is 1.27 bits per heavy atom. The summed E-state index contributed by atoms with van der Waals surface area (Å²) >= 11 is 1.25. The molecule has 1 N–H and O–H groups in total. The number of alkyl halides is 3. The largest absolute Gasteiger partial charge is 0.410 e. The van der Waals surface area contributed by atoms with Crippen molar-refractivity contribution in [3.05, 3.63) is 44.9 Å². The molecule has 2 rings (SSSR count). The maximum atomic E-state index is 13.0. The third kappa shape index (κ3) is 5.81. The second kappa shape index (κ2) is 9.16. The predicted octanol–water partition coefficient (Wildman–Crippen LogP) is 5.03. The van der Waals surface area contributed by atoms with Gasteiger partial charge in [-0.15, -0.1) is 11.3 Å². The molecular weight excluding hydrogens is 413 g/mol. The number of halogens is 3. The molecule has 0 aliphatic heterocycles. The summed E-state index contributed by atoms with van der Waals surface area (Å²) in [6.45, 7) is 8.70. The topological polar surface area (TPSA) is 57.6 Å². The van der Waals surface area contributed by atoms with Gasteiger partial charge < -0.3 is 10.2 Å². The van der Waals surface area contributed by atoms with Gasteiger partial charge in [0.15, 0.2) is 0 Å². The van der Waals surface area contributed by atoms with E-state index in [4.69, 9.17) is 0 Å². The molecule has 0 unspecified atom stereocenters. The van der Waals surface area contributed by atoms with E-state index < -0.39 is 17.6 Å². The standard InChI is InChI=1S/C21H27F3N4OS/c1-7-28(6)12-25-16-9-13(2)15(8-14(16)3)10-18-26-17(11-30-18)19(29)27-20(4,5)21(22,23)24/h8-9,11-12H,7,10H2,1-6H3,(H,27,29). The van der Waals surface area contributed by atoms with Crippen molar-refractivity contribution in [1.82, 2.24) is 15.2 Å². The molecular formula is C21H27F3N4OS. The van der Waals surface area contributed by atoms with E-state index in [1.165, 1.54) is 16.7 Å². The number of carbonyl (C=O) groups excluding carboxylic acids is 1. The summed E-state index contributed by atoms with van der Waals surface area (Å²) in [6.07, 6.45) is -2.27. The molecule has 0 saturated heterocycles. The van der Waals surface area contributed by atoms with Crippen LogP contribution in [0.3, 0.4) is 0 Å². The number of rotatable bonds is 7. The van der Waals surface area contributed by atoms with Gasteiger partial charge in [0.1, 0.15) is 11.2 Å². The lowest BCUT2D eigenvalue weighted by Gasteiger charge is -2.28. The van der Waals surface area contributed by atoms with E-state index in [1.807, 2.05) is 50.2 Å². The van der Waals surface area contributed by atoms with Gasteiger partial charge in [0.05, 0.1) is 17.0 Å². The summed E-state index contributed by atoms with van der Waals surface area (Å²) in [7, 11) is 1.95. The quantitative estimate of drug-likeness (QED) is 0.485. The summed E-state index contributed by atoms with van der Waals surface area (Å²) in [4.78, 5) is 22.9. The molecule has 2 aromatic rings. The highest BCUT2D eigenvalue weighted by Gasteiger charge is 2.48. The first-order valence-corrected chi connectivity index (χ1v) is 10.4. The third-order valence-corrected chi connectivity index (χ3v) is 5.66. The molecule has 1 aromatic heterocycles. The maximum absolute atomic E-state index is 13.0. The number of nitrogens with zero attached hydrogens (tertiary/aromatic N) is 3. The second-order valence-electron chi connectivity index (χ2n) is 7.76. The fourth-order valence-electron chi connectivity index (χ4n) is 2.51. The fourth-order valence-corrected chi connectivity index (χ4v) is 3.31. The zero-order valence-electron chi connectivity index (χ0n) is 18.0. The Hall–Kier alpha value is -2.42. The van der Waals surface area contributed by atoms with Crippen LogP contribution in [0.15, 0.2) is 22.5 Å². The zero-order chi connectivity index (χ0) is 22.7. The van der Waals surface area contributed by atoms with E-state index in [-0.39, 0.29) is 5.69 Å². The van der Waals surface area contributed by atoms with E-state index in [0.29, 0.717) is 11.4 Å². The molecule has 1 aromatic carbocycles. The first-order chi connectivity index (χ1) is 13.8. The van der Waals surface area contributed by atoms with Gasteiger partial charge in [0.2, 0.25) is 0 Å². The average Bonchev–Trinajstić information content (AvgIpc) is 3.10. The molecule has 0 radical (unpaired) electrons. The first kappa shape index (κ1) is 23.9. The number of aliphatic imine (C=N–C) groups is 1. The average molecular weight is 441 g/mol. The van der Waals surface area contributed by atoms with Crippen molar-refractivity contribution in [2.45, 2.75) is 52.8 Å². The molecule has 0 aliphatic rings. The van der Waals surface area contributed by atoms with Crippen molar-refractivity contribution < 1.29 is 18.0 Å². The number of hydrogen-bond donors (Lipinski definition) is 1. The molecule has 9 heteroatoms. The number of nitrogens with one attached hydrogen (secondary N) is 1. The number of benzene rings is 1. The van der Waals surface area contributed by atoms with Gasteiger partial charge in [0, 0.05) is 25.4 Å². The van der Waals surface area contributed by atoms with Gasteiger partial charge in [-0.25, -0.2) is 9.98 Å². The van der Waals surface area contributed by atoms with E-state index in [2.05, 4.69) is 9.98 Å². The second-order valence-corrected chi connectivity index (χ2v) is 8.71. The summed E-state index contributed by atoms with van der Waals surface area (Å²) < 4.78 is 39.0. The lowest BCUT2D eigenvalue weighted by molar-refractivity contribution is -0.182. The van der Waals surface area contributed by atoms with E-state index in [1.54, 1.807) is 6.34 Å². The van der Waals surface area contributed by atoms with Crippen LogP contribution in [0.2, 0.25) is 0 Å². The van der Waals surface area contributed by atoms with Gasteiger partial charge in [-0.2, -0.15) is 13.2 Å². The predicted molar refractivity (Wildman–Crippen MR) is 115 cm³/mol. The van der Waals surface area contributed by atoms with Gasteiger partial charge in [0.25, 0.3) is 5.91 Å². The van der Waals surface area contributed by atoms with Crippen molar-refractivity contribution in [3.8, 4) is 0 Å². The monoisotopic (exact) mass is 440 g/mol. The maximum Gasteiger partial charge on any atom is 0.410 e. The Balaban J connectivity index is 2.15. The van der Waals surface area contributed by atoms with Crippen molar-refractivity contribution >= 4 is 29.3 Å². The molecule has 164 valence electrons. The molecule has 0 fully saturated rings. The Bertz CT molecular complexity index is 935. The number of aryl methyl sites for hydroxylation is 2. The highest BCUT2D eigenvalue weighted by molar-refractivity contribution is 7.09. The minimum absolute atomic E-state index is 0.00878. The Labute approximate surface area is 179 Å². The van der Waals surface area contributed by atoms with Crippen molar-refractivity contribution in [3.63, 3.8) is 0 Å². The number of amides is 1. The van der Waals surface area contributed by atoms with Crippen molar-refractivity contribution in [2.24, 2.45) is 4.99 Å². The number of thiazole rings is 1. The SMILES string of the molecule is CCN(C)C=Nc1cc(C)c(Cc2nc(C(=O)NC(C)(C)C(F)(F)F)cs2)cc1C. The molecule has 0 atom stereocenters. The molecule has 0 spiro atoms. The first-order valence-electron chi connectivity index (χ1n) is 9.52. The molecule has 0 aliphatic carbocycles. The van der Waals surface area contributed by atoms with Crippen LogP contribution in [-0.4, -0.2) is 47.4 Å². The zero-order valence-corrected chi connectivity index (χ0v) is 18.8. The number of carbonyl (C=O) groups is 1. The lowest BCUT2D eigenvalue weighted by atomic mass is 10.0. The molecule has 1 amide bonds. The molecule has 30 heavy (non-hydrogen) atoms. The normalized spacial score (nSPS) is 12.4. The summed E-state index contributed by atoms with van der Waals surface area (Å²) in [5.74, 6) is -0.836. The molecule has 1 heterocycles. The van der Waals surface area contributed by atoms with Gasteiger partial charge in [-0.1, -0.05) is 6.07 Å². The highest BCUT2D eigenvalue weighted by atomic mass is 32.1. The Kier molecular flexibility index (Phi) is 7.28. The highest BCUT2D eigenvalue weighted by Crippen LogP contribution is 2.30. The third-order valence-electron chi connectivity index (χ3n) is 4.81. The van der Waals surface area contributed by atoms with Crippen molar-refractivity contribution in [2.75, 3.05) is 13.6 Å². The molecule has 0 bridgehead atoms. The van der Waals surface area contributed by atoms with Crippen LogP contribution in [0.1, 0.15) is 53.0 Å². The molecule has 5 nitrogen and oxygen atoms in total. The van der Waals surface area contributed by atoms with Crippen LogP contribution in [0.25, 0.3) is 0 Å². The molecule has 0 saturated carbocycles. The fraction of sp³-hybridized carbons (Fsp3) is 0.476. The summed E-state index contributed by atoms with van der Waals surface area (Å²) in [6, 6.07) is 4.03. The van der Waals surface area contributed by atoms with Gasteiger partial charge in [-0.3, -0.25) is 4.79 Å². The summed E-state index contributed by atoms with van der Waals surface area (Å²) in [5, 5.41) is 4.15. The smallest absolute Gasteiger partial charge is 0.366 e. The van der Waals surface area contributed by atoms with E-state index in [0.717, 1.165) is 42.8 Å². The van der Waals surface area contributed by atoms with E-state index >= 15 is 0 Å². The minimum Gasteiger partial charge on any atom is -0.366 e. The van der Waals surface area contributed by atoms with Crippen LogP contribution in [0, 0.1) is 13.8 Å². The van der Waals surface area contributed by atoms with Crippen LogP contribution >= 0.6 is 11.3 Å². The van der Waals surface area contributed by atoms with Crippen LogP contribution in [-0.2, 0) is 6.42 Å². The van der Waals surface area contributed by atoms with Crippen LogP contribution in [0.5, 0.6) is 0 Å². The minimum atomic E-state index is -4.55. The van der Waals surface area contributed by atoms with Crippen LogP contribution in [0.4, 0.5) is 18.9 Å². The van der Waals surface area contributed by atoms with Gasteiger partial charge in [-0.05, 0) is 57.4 Å².